The number of amides is 1. The number of hydrogen-bond donors (Lipinski definition) is 0. The highest BCUT2D eigenvalue weighted by molar-refractivity contribution is 7.20. The lowest BCUT2D eigenvalue weighted by atomic mass is 10.1. The Hall–Kier alpha value is -2.51. The van der Waals surface area contributed by atoms with Crippen LogP contribution in [0.1, 0.15) is 25.3 Å². The Kier molecular flexibility index (Phi) is 4.49. The van der Waals surface area contributed by atoms with Crippen molar-refractivity contribution < 1.29 is 9.53 Å². The highest BCUT2D eigenvalue weighted by atomic mass is 32.1. The summed E-state index contributed by atoms with van der Waals surface area (Å²) in [4.78, 5) is 24.9. The van der Waals surface area contributed by atoms with Crippen LogP contribution in [0.15, 0.2) is 42.6 Å². The van der Waals surface area contributed by atoms with Crippen LogP contribution in [-0.4, -0.2) is 50.8 Å². The average Bonchev–Trinajstić information content (AvgIpc) is 3.19. The second-order valence-corrected chi connectivity index (χ2v) is 8.53. The number of piperazine rings is 1. The molecule has 144 valence electrons. The first-order valence-corrected chi connectivity index (χ1v) is 10.5. The van der Waals surface area contributed by atoms with E-state index in [0.717, 1.165) is 35.7 Å². The molecule has 2 aliphatic rings. The highest BCUT2D eigenvalue weighted by Gasteiger charge is 2.40. The molecule has 2 bridgehead atoms. The number of benzene rings is 1. The van der Waals surface area contributed by atoms with E-state index in [0.29, 0.717) is 17.3 Å². The van der Waals surface area contributed by atoms with Crippen LogP contribution >= 0.6 is 11.3 Å². The van der Waals surface area contributed by atoms with Gasteiger partial charge in [-0.25, -0.2) is 4.98 Å². The van der Waals surface area contributed by atoms with Gasteiger partial charge in [-0.3, -0.25) is 9.69 Å². The summed E-state index contributed by atoms with van der Waals surface area (Å²) in [6.45, 7) is 4.32. The number of carbonyl (C=O) groups is 1. The van der Waals surface area contributed by atoms with Crippen LogP contribution in [0, 0.1) is 0 Å². The number of pyridine rings is 1. The summed E-state index contributed by atoms with van der Waals surface area (Å²) in [5, 5.41) is 0.611. The van der Waals surface area contributed by atoms with Crippen LogP contribution in [0.2, 0.25) is 0 Å². The molecule has 1 aromatic carbocycles. The SMILES string of the molecule is CC(=O)N1CC2CC[C@@H](C1)N2Cc1ccc(Oc2nc3ncccc3s2)cc1. The molecule has 0 N–H and O–H groups in total. The van der Waals surface area contributed by atoms with Gasteiger partial charge in [-0.15, -0.1) is 0 Å². The summed E-state index contributed by atoms with van der Waals surface area (Å²) in [7, 11) is 0. The number of thiazole rings is 1. The lowest BCUT2D eigenvalue weighted by Gasteiger charge is -2.40. The third kappa shape index (κ3) is 3.36. The number of rotatable bonds is 4. The van der Waals surface area contributed by atoms with Crippen molar-refractivity contribution in [2.24, 2.45) is 0 Å². The van der Waals surface area contributed by atoms with E-state index in [2.05, 4.69) is 27.0 Å². The van der Waals surface area contributed by atoms with Crippen molar-refractivity contribution in [3.63, 3.8) is 0 Å². The average molecular weight is 395 g/mol. The molecule has 5 rings (SSSR count). The first-order valence-electron chi connectivity index (χ1n) is 9.65. The van der Waals surface area contributed by atoms with E-state index in [1.807, 2.05) is 29.2 Å². The number of carbonyl (C=O) groups excluding carboxylic acids is 1. The summed E-state index contributed by atoms with van der Waals surface area (Å²) in [5.74, 6) is 0.982. The molecule has 2 atom stereocenters. The summed E-state index contributed by atoms with van der Waals surface area (Å²) >= 11 is 1.50. The van der Waals surface area contributed by atoms with Crippen LogP contribution in [0.3, 0.4) is 0 Å². The summed E-state index contributed by atoms with van der Waals surface area (Å²) in [6.07, 6.45) is 4.10. The number of aromatic nitrogens is 2. The molecule has 2 aliphatic heterocycles. The molecule has 7 heteroatoms. The minimum atomic E-state index is 0.197. The van der Waals surface area contributed by atoms with E-state index < -0.39 is 0 Å². The van der Waals surface area contributed by atoms with Gasteiger partial charge in [0.05, 0.1) is 4.70 Å². The third-order valence-corrected chi connectivity index (χ3v) is 6.61. The Morgan fingerprint density at radius 1 is 1.18 bits per heavy atom. The molecule has 2 fully saturated rings. The van der Waals surface area contributed by atoms with Crippen LogP contribution in [0.5, 0.6) is 10.9 Å². The van der Waals surface area contributed by atoms with Crippen molar-refractivity contribution in [1.82, 2.24) is 19.8 Å². The maximum absolute atomic E-state index is 11.7. The van der Waals surface area contributed by atoms with Gasteiger partial charge >= 0.3 is 0 Å². The van der Waals surface area contributed by atoms with Crippen molar-refractivity contribution in [1.29, 1.82) is 0 Å². The minimum absolute atomic E-state index is 0.197. The number of nitrogens with zero attached hydrogens (tertiary/aromatic N) is 4. The minimum Gasteiger partial charge on any atom is -0.431 e. The molecule has 0 radical (unpaired) electrons. The van der Waals surface area contributed by atoms with Crippen LogP contribution < -0.4 is 4.74 Å². The zero-order chi connectivity index (χ0) is 19.1. The standard InChI is InChI=1S/C21H22N4O2S/c1-14(26)24-12-16-6-7-17(13-24)25(16)11-15-4-8-18(9-5-15)27-21-23-20-19(28-21)3-2-10-22-20/h2-5,8-10,16-17H,6-7,11-13H2,1H3/t16-,17?/m0/s1. The van der Waals surface area contributed by atoms with Gasteiger partial charge < -0.3 is 9.64 Å². The fourth-order valence-corrected chi connectivity index (χ4v) is 5.07. The summed E-state index contributed by atoms with van der Waals surface area (Å²) in [6, 6.07) is 13.1. The molecule has 3 aromatic rings. The molecule has 2 aromatic heterocycles. The largest absolute Gasteiger partial charge is 0.431 e. The predicted molar refractivity (Wildman–Crippen MR) is 109 cm³/mol. The molecule has 1 unspecified atom stereocenters. The third-order valence-electron chi connectivity index (χ3n) is 5.72. The van der Waals surface area contributed by atoms with E-state index in [4.69, 9.17) is 4.74 Å². The van der Waals surface area contributed by atoms with Crippen molar-refractivity contribution in [2.75, 3.05) is 13.1 Å². The quantitative estimate of drug-likeness (QED) is 0.676. The van der Waals surface area contributed by atoms with E-state index in [1.165, 1.54) is 29.7 Å². The fraction of sp³-hybridized carbons (Fsp3) is 0.381. The Morgan fingerprint density at radius 2 is 1.93 bits per heavy atom. The zero-order valence-corrected chi connectivity index (χ0v) is 16.6. The van der Waals surface area contributed by atoms with Gasteiger partial charge in [0.15, 0.2) is 5.65 Å². The first kappa shape index (κ1) is 17.6. The van der Waals surface area contributed by atoms with E-state index >= 15 is 0 Å². The lowest BCUT2D eigenvalue weighted by Crippen LogP contribution is -2.54. The molecule has 4 heterocycles. The maximum Gasteiger partial charge on any atom is 0.281 e. The Balaban J connectivity index is 1.25. The number of hydrogen-bond acceptors (Lipinski definition) is 6. The highest BCUT2D eigenvalue weighted by Crippen LogP contribution is 2.33. The van der Waals surface area contributed by atoms with Gasteiger partial charge in [0.25, 0.3) is 5.19 Å². The van der Waals surface area contributed by atoms with E-state index in [9.17, 15) is 4.79 Å². The monoisotopic (exact) mass is 394 g/mol. The first-order chi connectivity index (χ1) is 13.7. The van der Waals surface area contributed by atoms with Gasteiger partial charge in [-0.2, -0.15) is 4.98 Å². The van der Waals surface area contributed by atoms with Crippen molar-refractivity contribution in [2.45, 2.75) is 38.4 Å². The molecule has 28 heavy (non-hydrogen) atoms. The van der Waals surface area contributed by atoms with Crippen molar-refractivity contribution >= 4 is 27.6 Å². The van der Waals surface area contributed by atoms with E-state index in [-0.39, 0.29) is 5.91 Å². The Labute approximate surface area is 167 Å². The topological polar surface area (TPSA) is 58.6 Å². The summed E-state index contributed by atoms with van der Waals surface area (Å²) in [5.41, 5.74) is 1.99. The van der Waals surface area contributed by atoms with Gasteiger partial charge in [0.1, 0.15) is 5.75 Å². The maximum atomic E-state index is 11.7. The van der Waals surface area contributed by atoms with E-state index in [1.54, 1.807) is 13.1 Å². The number of ether oxygens (including phenoxy) is 1. The molecule has 2 saturated heterocycles. The molecule has 6 nitrogen and oxygen atoms in total. The molecule has 0 saturated carbocycles. The molecule has 0 aliphatic carbocycles. The number of likely N-dealkylation sites (tertiary alicyclic amines) is 1. The number of fused-ring (bicyclic) bond motifs is 3. The fourth-order valence-electron chi connectivity index (χ4n) is 4.27. The lowest BCUT2D eigenvalue weighted by molar-refractivity contribution is -0.132. The molecular formula is C21H22N4O2S. The Bertz CT molecular complexity index is 956. The second kappa shape index (κ2) is 7.14. The molecule has 1 amide bonds. The van der Waals surface area contributed by atoms with Crippen LogP contribution in [-0.2, 0) is 11.3 Å². The molecule has 0 spiro atoms. The second-order valence-electron chi connectivity index (χ2n) is 7.53. The van der Waals surface area contributed by atoms with Crippen molar-refractivity contribution in [3.8, 4) is 10.9 Å². The zero-order valence-electron chi connectivity index (χ0n) is 15.7. The van der Waals surface area contributed by atoms with Gasteiger partial charge in [0, 0.05) is 44.8 Å². The van der Waals surface area contributed by atoms with Crippen LogP contribution in [0.25, 0.3) is 10.3 Å². The van der Waals surface area contributed by atoms with Crippen molar-refractivity contribution in [3.05, 3.63) is 48.2 Å². The Morgan fingerprint density at radius 3 is 2.61 bits per heavy atom. The predicted octanol–water partition coefficient (Wildman–Crippen LogP) is 3.68. The normalized spacial score (nSPS) is 22.0. The summed E-state index contributed by atoms with van der Waals surface area (Å²) < 4.78 is 6.94. The smallest absolute Gasteiger partial charge is 0.281 e. The van der Waals surface area contributed by atoms with Gasteiger partial charge in [0.2, 0.25) is 5.91 Å². The van der Waals surface area contributed by atoms with Gasteiger partial charge in [-0.1, -0.05) is 23.5 Å². The van der Waals surface area contributed by atoms with Gasteiger partial charge in [-0.05, 0) is 42.7 Å². The molecular weight excluding hydrogens is 372 g/mol. The van der Waals surface area contributed by atoms with Crippen LogP contribution in [0.4, 0.5) is 0 Å².